The molecule has 0 radical (unpaired) electrons. The molecule has 0 aliphatic heterocycles. The molecule has 18 heavy (non-hydrogen) atoms. The molecule has 1 amide bonds. The summed E-state index contributed by atoms with van der Waals surface area (Å²) in [7, 11) is 0. The van der Waals surface area contributed by atoms with Crippen LogP contribution in [0.3, 0.4) is 0 Å². The zero-order valence-electron chi connectivity index (χ0n) is 8.89. The Morgan fingerprint density at radius 1 is 1.22 bits per heavy atom. The van der Waals surface area contributed by atoms with Gasteiger partial charge in [0.1, 0.15) is 5.75 Å². The minimum absolute atomic E-state index is 0.0688. The van der Waals surface area contributed by atoms with Crippen molar-refractivity contribution in [2.75, 3.05) is 5.32 Å². The van der Waals surface area contributed by atoms with Crippen molar-refractivity contribution in [2.45, 2.75) is 0 Å². The minimum Gasteiger partial charge on any atom is -0.507 e. The fourth-order valence-corrected chi connectivity index (χ4v) is 1.60. The van der Waals surface area contributed by atoms with Gasteiger partial charge in [-0.1, -0.05) is 23.2 Å². The predicted octanol–water partition coefficient (Wildman–Crippen LogP) is 2.74. The number of amides is 1. The van der Waals surface area contributed by atoms with Crippen LogP contribution in [0.25, 0.3) is 0 Å². The number of carbonyl (C=O) groups is 1. The molecule has 0 atom stereocenters. The highest BCUT2D eigenvalue weighted by Gasteiger charge is 2.13. The molecule has 1 aromatic heterocycles. The van der Waals surface area contributed by atoms with Crippen LogP contribution in [0.4, 0.5) is 5.82 Å². The number of hydrogen-bond donors (Lipinski definition) is 2. The SMILES string of the molecule is O=C(Nc1nccnc1Cl)c1ccc(Cl)cc1O. The summed E-state index contributed by atoms with van der Waals surface area (Å²) in [5.74, 6) is -0.648. The van der Waals surface area contributed by atoms with Gasteiger partial charge in [-0.05, 0) is 18.2 Å². The van der Waals surface area contributed by atoms with Gasteiger partial charge in [0.05, 0.1) is 5.56 Å². The van der Waals surface area contributed by atoms with Crippen molar-refractivity contribution in [1.29, 1.82) is 0 Å². The molecular formula is C11H7Cl2N3O2. The number of halogens is 2. The quantitative estimate of drug-likeness (QED) is 0.889. The number of nitrogens with one attached hydrogen (secondary N) is 1. The van der Waals surface area contributed by atoms with Crippen LogP contribution in [0.1, 0.15) is 10.4 Å². The molecule has 0 spiro atoms. The van der Waals surface area contributed by atoms with E-state index in [4.69, 9.17) is 23.2 Å². The van der Waals surface area contributed by atoms with Crippen LogP contribution in [0.15, 0.2) is 30.6 Å². The summed E-state index contributed by atoms with van der Waals surface area (Å²) in [6, 6.07) is 4.17. The molecule has 2 N–H and O–H groups in total. The summed E-state index contributed by atoms with van der Waals surface area (Å²) in [5.41, 5.74) is 0.0705. The Labute approximate surface area is 112 Å². The first kappa shape index (κ1) is 12.6. The van der Waals surface area contributed by atoms with Crippen molar-refractivity contribution in [3.63, 3.8) is 0 Å². The minimum atomic E-state index is -0.549. The van der Waals surface area contributed by atoms with Gasteiger partial charge in [-0.15, -0.1) is 0 Å². The first-order valence-corrected chi connectivity index (χ1v) is 5.60. The first-order valence-electron chi connectivity index (χ1n) is 4.84. The number of nitrogens with zero attached hydrogens (tertiary/aromatic N) is 2. The Bertz CT molecular complexity index is 605. The van der Waals surface area contributed by atoms with Gasteiger partial charge in [0.2, 0.25) is 0 Å². The third-order valence-electron chi connectivity index (χ3n) is 2.09. The second-order valence-electron chi connectivity index (χ2n) is 3.31. The predicted molar refractivity (Wildman–Crippen MR) is 68.1 cm³/mol. The third-order valence-corrected chi connectivity index (χ3v) is 2.60. The maximum Gasteiger partial charge on any atom is 0.260 e. The van der Waals surface area contributed by atoms with E-state index in [1.807, 2.05) is 0 Å². The molecule has 0 aliphatic rings. The molecule has 0 saturated carbocycles. The Kier molecular flexibility index (Phi) is 3.64. The van der Waals surface area contributed by atoms with Gasteiger partial charge >= 0.3 is 0 Å². The smallest absolute Gasteiger partial charge is 0.260 e. The zero-order valence-corrected chi connectivity index (χ0v) is 10.4. The third kappa shape index (κ3) is 2.69. The van der Waals surface area contributed by atoms with E-state index in [0.717, 1.165) is 0 Å². The number of aromatic hydroxyl groups is 1. The Hall–Kier alpha value is -1.85. The van der Waals surface area contributed by atoms with Crippen LogP contribution in [0.5, 0.6) is 5.75 Å². The fourth-order valence-electron chi connectivity index (χ4n) is 1.28. The lowest BCUT2D eigenvalue weighted by Gasteiger charge is -2.06. The van der Waals surface area contributed by atoms with Crippen LogP contribution < -0.4 is 5.32 Å². The number of aromatic nitrogens is 2. The molecule has 7 heteroatoms. The van der Waals surface area contributed by atoms with Crippen LogP contribution in [-0.2, 0) is 0 Å². The summed E-state index contributed by atoms with van der Waals surface area (Å²) in [6.45, 7) is 0. The molecular weight excluding hydrogens is 277 g/mol. The summed E-state index contributed by atoms with van der Waals surface area (Å²) in [4.78, 5) is 19.5. The van der Waals surface area contributed by atoms with E-state index in [1.165, 1.54) is 30.6 Å². The van der Waals surface area contributed by atoms with E-state index in [1.54, 1.807) is 0 Å². The van der Waals surface area contributed by atoms with Gasteiger partial charge in [0.25, 0.3) is 5.91 Å². The van der Waals surface area contributed by atoms with Crippen LogP contribution in [-0.4, -0.2) is 21.0 Å². The number of benzene rings is 1. The molecule has 5 nitrogen and oxygen atoms in total. The van der Waals surface area contributed by atoms with Crippen molar-refractivity contribution >= 4 is 34.9 Å². The number of rotatable bonds is 2. The summed E-state index contributed by atoms with van der Waals surface area (Å²) >= 11 is 11.4. The van der Waals surface area contributed by atoms with Gasteiger partial charge < -0.3 is 10.4 Å². The van der Waals surface area contributed by atoms with E-state index in [2.05, 4.69) is 15.3 Å². The van der Waals surface area contributed by atoms with E-state index in [0.29, 0.717) is 5.02 Å². The molecule has 2 aromatic rings. The van der Waals surface area contributed by atoms with Crippen molar-refractivity contribution in [3.05, 3.63) is 46.3 Å². The second kappa shape index (κ2) is 5.20. The van der Waals surface area contributed by atoms with Crippen molar-refractivity contribution in [1.82, 2.24) is 9.97 Å². The lowest BCUT2D eigenvalue weighted by Crippen LogP contribution is -2.13. The Balaban J connectivity index is 2.25. The molecule has 1 heterocycles. The maximum absolute atomic E-state index is 11.9. The Morgan fingerprint density at radius 2 is 1.94 bits per heavy atom. The molecule has 0 aliphatic carbocycles. The highest BCUT2D eigenvalue weighted by molar-refractivity contribution is 6.32. The highest BCUT2D eigenvalue weighted by atomic mass is 35.5. The van der Waals surface area contributed by atoms with Gasteiger partial charge in [0.15, 0.2) is 11.0 Å². The lowest BCUT2D eigenvalue weighted by molar-refractivity contribution is 0.102. The summed E-state index contributed by atoms with van der Waals surface area (Å²) in [6.07, 6.45) is 2.79. The molecule has 1 aromatic carbocycles. The number of hydrogen-bond acceptors (Lipinski definition) is 4. The van der Waals surface area contributed by atoms with Gasteiger partial charge in [-0.3, -0.25) is 4.79 Å². The average Bonchev–Trinajstić information content (AvgIpc) is 2.32. The molecule has 92 valence electrons. The molecule has 0 unspecified atom stereocenters. The van der Waals surface area contributed by atoms with Crippen molar-refractivity contribution in [2.24, 2.45) is 0 Å². The number of phenols is 1. The van der Waals surface area contributed by atoms with Crippen molar-refractivity contribution in [3.8, 4) is 5.75 Å². The Morgan fingerprint density at radius 3 is 2.61 bits per heavy atom. The number of anilines is 1. The number of carbonyl (C=O) groups excluding carboxylic acids is 1. The highest BCUT2D eigenvalue weighted by Crippen LogP contribution is 2.23. The van der Waals surface area contributed by atoms with E-state index in [9.17, 15) is 9.90 Å². The van der Waals surface area contributed by atoms with Crippen LogP contribution in [0.2, 0.25) is 10.2 Å². The molecule has 0 bridgehead atoms. The average molecular weight is 284 g/mol. The van der Waals surface area contributed by atoms with Crippen LogP contribution >= 0.6 is 23.2 Å². The van der Waals surface area contributed by atoms with Crippen LogP contribution in [0, 0.1) is 0 Å². The maximum atomic E-state index is 11.9. The molecule has 0 saturated heterocycles. The van der Waals surface area contributed by atoms with Gasteiger partial charge in [-0.25, -0.2) is 9.97 Å². The largest absolute Gasteiger partial charge is 0.507 e. The van der Waals surface area contributed by atoms with E-state index < -0.39 is 5.91 Å². The van der Waals surface area contributed by atoms with Gasteiger partial charge in [-0.2, -0.15) is 0 Å². The second-order valence-corrected chi connectivity index (χ2v) is 4.11. The number of phenolic OH excluding ortho intramolecular Hbond substituents is 1. The molecule has 2 rings (SSSR count). The fraction of sp³-hybridized carbons (Fsp3) is 0. The normalized spacial score (nSPS) is 10.1. The first-order chi connectivity index (χ1) is 8.58. The lowest BCUT2D eigenvalue weighted by atomic mass is 10.2. The summed E-state index contributed by atoms with van der Waals surface area (Å²) in [5, 5.41) is 12.4. The van der Waals surface area contributed by atoms with E-state index >= 15 is 0 Å². The van der Waals surface area contributed by atoms with Gasteiger partial charge in [0, 0.05) is 17.4 Å². The topological polar surface area (TPSA) is 75.1 Å². The summed E-state index contributed by atoms with van der Waals surface area (Å²) < 4.78 is 0. The zero-order chi connectivity index (χ0) is 13.1. The standard InChI is InChI=1S/C11H7Cl2N3O2/c12-6-1-2-7(8(17)5-6)11(18)16-10-9(13)14-3-4-15-10/h1-5,17H,(H,15,16,18). The van der Waals surface area contributed by atoms with Crippen molar-refractivity contribution < 1.29 is 9.90 Å². The van der Waals surface area contributed by atoms with E-state index in [-0.39, 0.29) is 22.3 Å². The monoisotopic (exact) mass is 283 g/mol. The molecule has 0 fully saturated rings.